The highest BCUT2D eigenvalue weighted by Gasteiger charge is 2.28. The Morgan fingerprint density at radius 3 is 2.08 bits per heavy atom. The second-order valence-corrected chi connectivity index (χ2v) is 10.4. The van der Waals surface area contributed by atoms with Crippen molar-refractivity contribution in [3.63, 3.8) is 0 Å². The highest BCUT2D eigenvalue weighted by molar-refractivity contribution is 7.89. The van der Waals surface area contributed by atoms with Gasteiger partial charge in [0.2, 0.25) is 10.0 Å². The molecule has 0 amide bonds. The number of carbonyl (C=O) groups is 3. The van der Waals surface area contributed by atoms with Gasteiger partial charge in [-0.2, -0.15) is 4.31 Å². The average Bonchev–Trinajstić information content (AvgIpc) is 2.91. The summed E-state index contributed by atoms with van der Waals surface area (Å²) in [6.45, 7) is 6.23. The van der Waals surface area contributed by atoms with E-state index in [-0.39, 0.29) is 29.0 Å². The summed E-state index contributed by atoms with van der Waals surface area (Å²) in [5.41, 5.74) is 0.535. The van der Waals surface area contributed by atoms with Crippen LogP contribution in [0.25, 0.3) is 0 Å². The van der Waals surface area contributed by atoms with E-state index in [2.05, 4.69) is 11.5 Å². The lowest BCUT2D eigenvalue weighted by atomic mass is 9.89. The summed E-state index contributed by atoms with van der Waals surface area (Å²) in [4.78, 5) is 33.2. The van der Waals surface area contributed by atoms with E-state index in [4.69, 9.17) is 24.5 Å². The number of sulfonamides is 1. The van der Waals surface area contributed by atoms with E-state index in [0.717, 1.165) is 0 Å². The fourth-order valence-corrected chi connectivity index (χ4v) is 5.27. The van der Waals surface area contributed by atoms with Crippen molar-refractivity contribution in [1.82, 2.24) is 9.21 Å². The van der Waals surface area contributed by atoms with Gasteiger partial charge in [-0.1, -0.05) is 6.08 Å². The molecule has 10 nitrogen and oxygen atoms in total. The number of piperidine rings is 1. The van der Waals surface area contributed by atoms with E-state index in [1.165, 1.54) is 47.8 Å². The number of Topliss-reactive ketones (excluding diaryl/α,β-unsaturated/α-hetero) is 1. The van der Waals surface area contributed by atoms with Gasteiger partial charge in [0.25, 0.3) is 0 Å². The van der Waals surface area contributed by atoms with Gasteiger partial charge in [0.15, 0.2) is 5.78 Å². The first-order chi connectivity index (χ1) is 18.0. The van der Waals surface area contributed by atoms with Crippen LogP contribution in [0.1, 0.15) is 23.2 Å². The first-order valence-corrected chi connectivity index (χ1v) is 13.2. The van der Waals surface area contributed by atoms with Crippen molar-refractivity contribution in [1.29, 1.82) is 0 Å². The molecule has 0 saturated carbocycles. The Kier molecular flexibility index (Phi) is 11.6. The number of halogens is 1. The number of hydrogen-bond donors (Lipinski definition) is 2. The molecule has 1 saturated heterocycles. The van der Waals surface area contributed by atoms with Crippen LogP contribution in [0.2, 0.25) is 0 Å². The van der Waals surface area contributed by atoms with E-state index in [1.54, 1.807) is 18.2 Å². The zero-order valence-corrected chi connectivity index (χ0v) is 21.8. The van der Waals surface area contributed by atoms with Crippen molar-refractivity contribution in [3.8, 4) is 5.75 Å². The molecule has 38 heavy (non-hydrogen) atoms. The predicted octanol–water partition coefficient (Wildman–Crippen LogP) is 2.76. The van der Waals surface area contributed by atoms with Crippen LogP contribution in [0, 0.1) is 11.7 Å². The van der Waals surface area contributed by atoms with Crippen molar-refractivity contribution < 1.29 is 42.1 Å². The molecule has 0 unspecified atom stereocenters. The first-order valence-electron chi connectivity index (χ1n) is 11.7. The summed E-state index contributed by atoms with van der Waals surface area (Å²) in [7, 11) is -2.13. The lowest BCUT2D eigenvalue weighted by Gasteiger charge is -2.32. The Balaban J connectivity index is 0.000000757. The largest absolute Gasteiger partial charge is 0.497 e. The molecule has 1 aliphatic heterocycles. The van der Waals surface area contributed by atoms with Gasteiger partial charge in [-0.25, -0.2) is 22.4 Å². The topological polar surface area (TPSA) is 142 Å². The number of hydrogen-bond acceptors (Lipinski definition) is 7. The van der Waals surface area contributed by atoms with E-state index < -0.39 is 22.0 Å². The third-order valence-electron chi connectivity index (χ3n) is 5.97. The summed E-state index contributed by atoms with van der Waals surface area (Å²) in [6.07, 6.45) is 2.97. The van der Waals surface area contributed by atoms with E-state index in [0.29, 0.717) is 50.3 Å². The second kappa shape index (κ2) is 14.4. The lowest BCUT2D eigenvalue weighted by Crippen LogP contribution is -2.42. The minimum Gasteiger partial charge on any atom is -0.497 e. The second-order valence-electron chi connectivity index (χ2n) is 8.42. The number of rotatable bonds is 10. The fraction of sp³-hybridized carbons (Fsp3) is 0.346. The summed E-state index contributed by atoms with van der Waals surface area (Å²) in [5, 5.41) is 14.8. The molecule has 12 heteroatoms. The maximum Gasteiger partial charge on any atom is 0.414 e. The molecular weight excluding hydrogens is 519 g/mol. The molecular formula is C26H31FN2O8S. The Labute approximate surface area is 221 Å². The Bertz CT molecular complexity index is 1200. The average molecular weight is 551 g/mol. The third-order valence-corrected chi connectivity index (χ3v) is 7.85. The zero-order valence-electron chi connectivity index (χ0n) is 21.0. The molecule has 1 fully saturated rings. The number of nitrogens with zero attached hydrogens (tertiary/aromatic N) is 2. The standard InChI is InChI=1S/C24H29FN2O4S.C2H2O4/c1-3-14-27(32(29,30)23-10-8-22(31-2)9-11-23)18-17-26-15-12-20(13-16-26)24(28)19-4-6-21(25)7-5-19;3-1(4)2(5)6/h3-11,20H,1,12-18H2,2H3;(H,3,4)(H,5,6). The molecule has 0 aliphatic carbocycles. The van der Waals surface area contributed by atoms with Gasteiger partial charge in [0, 0.05) is 31.1 Å². The zero-order chi connectivity index (χ0) is 28.3. The molecule has 2 aromatic rings. The third kappa shape index (κ3) is 8.75. The van der Waals surface area contributed by atoms with Gasteiger partial charge in [-0.05, 0) is 74.5 Å². The molecule has 1 heterocycles. The van der Waals surface area contributed by atoms with Crippen LogP contribution in [0.15, 0.2) is 66.1 Å². The highest BCUT2D eigenvalue weighted by atomic mass is 32.2. The van der Waals surface area contributed by atoms with Gasteiger partial charge in [0.1, 0.15) is 11.6 Å². The molecule has 1 aliphatic rings. The summed E-state index contributed by atoms with van der Waals surface area (Å²) < 4.78 is 45.7. The number of ketones is 1. The van der Waals surface area contributed by atoms with Crippen molar-refractivity contribution in [2.45, 2.75) is 17.7 Å². The number of benzene rings is 2. The summed E-state index contributed by atoms with van der Waals surface area (Å²) in [6, 6.07) is 12.0. The van der Waals surface area contributed by atoms with Crippen LogP contribution in [0.3, 0.4) is 0 Å². The molecule has 2 aromatic carbocycles. The number of carboxylic acids is 2. The van der Waals surface area contributed by atoms with E-state index >= 15 is 0 Å². The van der Waals surface area contributed by atoms with Gasteiger partial charge >= 0.3 is 11.9 Å². The number of carboxylic acid groups (broad SMARTS) is 2. The van der Waals surface area contributed by atoms with E-state index in [9.17, 15) is 17.6 Å². The van der Waals surface area contributed by atoms with Crippen LogP contribution in [0.4, 0.5) is 4.39 Å². The molecule has 0 atom stereocenters. The molecule has 0 aromatic heterocycles. The molecule has 0 radical (unpaired) electrons. The monoisotopic (exact) mass is 550 g/mol. The Morgan fingerprint density at radius 2 is 1.61 bits per heavy atom. The number of methoxy groups -OCH3 is 1. The lowest BCUT2D eigenvalue weighted by molar-refractivity contribution is -0.159. The summed E-state index contributed by atoms with van der Waals surface area (Å²) in [5.74, 6) is -3.46. The van der Waals surface area contributed by atoms with E-state index in [1.807, 2.05) is 0 Å². The molecule has 0 spiro atoms. The normalized spacial score (nSPS) is 14.3. The quantitative estimate of drug-likeness (QED) is 0.259. The fourth-order valence-electron chi connectivity index (χ4n) is 3.87. The molecule has 206 valence electrons. The maximum atomic E-state index is 13.1. The number of carbonyl (C=O) groups excluding carboxylic acids is 1. The van der Waals surface area contributed by atoms with Crippen LogP contribution >= 0.6 is 0 Å². The highest BCUT2D eigenvalue weighted by Crippen LogP contribution is 2.23. The van der Waals surface area contributed by atoms with Crippen LogP contribution in [0.5, 0.6) is 5.75 Å². The van der Waals surface area contributed by atoms with Crippen molar-refractivity contribution in [2.75, 3.05) is 39.8 Å². The van der Waals surface area contributed by atoms with Gasteiger partial charge in [-0.3, -0.25) is 4.79 Å². The minimum atomic E-state index is -3.66. The van der Waals surface area contributed by atoms with Gasteiger partial charge < -0.3 is 19.8 Å². The number of aliphatic carboxylic acids is 2. The van der Waals surface area contributed by atoms with Gasteiger partial charge in [-0.15, -0.1) is 6.58 Å². The Morgan fingerprint density at radius 1 is 1.05 bits per heavy atom. The maximum absolute atomic E-state index is 13.1. The number of likely N-dealkylation sites (tertiary alicyclic amines) is 1. The van der Waals surface area contributed by atoms with Crippen molar-refractivity contribution in [3.05, 3.63) is 72.6 Å². The summed E-state index contributed by atoms with van der Waals surface area (Å²) >= 11 is 0. The predicted molar refractivity (Wildman–Crippen MR) is 137 cm³/mol. The first kappa shape index (κ1) is 30.6. The van der Waals surface area contributed by atoms with Crippen molar-refractivity contribution in [2.24, 2.45) is 5.92 Å². The van der Waals surface area contributed by atoms with Crippen LogP contribution in [-0.2, 0) is 19.6 Å². The van der Waals surface area contributed by atoms with Gasteiger partial charge in [0.05, 0.1) is 12.0 Å². The number of ether oxygens (including phenoxy) is 1. The smallest absolute Gasteiger partial charge is 0.414 e. The molecule has 2 N–H and O–H groups in total. The van der Waals surface area contributed by atoms with Crippen molar-refractivity contribution >= 4 is 27.7 Å². The molecule has 3 rings (SSSR count). The van der Waals surface area contributed by atoms with Crippen LogP contribution in [-0.4, -0.2) is 85.4 Å². The Hall–Kier alpha value is -3.61. The molecule has 0 bridgehead atoms. The van der Waals surface area contributed by atoms with Crippen LogP contribution < -0.4 is 4.74 Å². The SMILES string of the molecule is C=CCN(CCN1CCC(C(=O)c2ccc(F)cc2)CC1)S(=O)(=O)c1ccc(OC)cc1.O=C(O)C(=O)O. The minimum absolute atomic E-state index is 0.0417.